The third-order valence-corrected chi connectivity index (χ3v) is 4.98. The van der Waals surface area contributed by atoms with Crippen LogP contribution in [-0.2, 0) is 11.2 Å². The number of thioether (sulfide) groups is 1. The lowest BCUT2D eigenvalue weighted by Crippen LogP contribution is -2.26. The van der Waals surface area contributed by atoms with Crippen LogP contribution in [0.1, 0.15) is 18.1 Å². The maximum Gasteiger partial charge on any atom is 0.239 e. The predicted molar refractivity (Wildman–Crippen MR) is 102 cm³/mol. The molecule has 1 heterocycles. The molecule has 1 saturated heterocycles. The number of carbonyl (C=O) groups excluding carboxylic acids is 1. The molecule has 0 aliphatic carbocycles. The fourth-order valence-electron chi connectivity index (χ4n) is 2.43. The summed E-state index contributed by atoms with van der Waals surface area (Å²) in [7, 11) is 1.62. The Bertz CT molecular complexity index is 848. The van der Waals surface area contributed by atoms with E-state index in [1.54, 1.807) is 19.2 Å². The molecular weight excluding hydrogens is 353 g/mol. The molecular formula is C19H18FN3O2S. The molecule has 1 amide bonds. The predicted octanol–water partition coefficient (Wildman–Crippen LogP) is 3.39. The highest BCUT2D eigenvalue weighted by Crippen LogP contribution is 2.23. The van der Waals surface area contributed by atoms with Crippen molar-refractivity contribution in [1.29, 1.82) is 0 Å². The smallest absolute Gasteiger partial charge is 0.239 e. The maximum atomic E-state index is 13.0. The molecule has 0 bridgehead atoms. The highest BCUT2D eigenvalue weighted by molar-refractivity contribution is 8.15. The van der Waals surface area contributed by atoms with Crippen LogP contribution < -0.4 is 10.1 Å². The molecule has 1 aliphatic heterocycles. The average Bonchev–Trinajstić information content (AvgIpc) is 3.01. The third kappa shape index (κ3) is 4.49. The summed E-state index contributed by atoms with van der Waals surface area (Å²) in [5.41, 5.74) is 2.56. The van der Waals surface area contributed by atoms with Gasteiger partial charge in [0.05, 0.1) is 18.1 Å². The van der Waals surface area contributed by atoms with Crippen LogP contribution in [0, 0.1) is 5.82 Å². The van der Waals surface area contributed by atoms with Crippen LogP contribution in [0.25, 0.3) is 0 Å². The van der Waals surface area contributed by atoms with Crippen molar-refractivity contribution in [2.24, 2.45) is 10.2 Å². The van der Waals surface area contributed by atoms with E-state index in [1.165, 1.54) is 23.9 Å². The van der Waals surface area contributed by atoms with Crippen LogP contribution >= 0.6 is 11.8 Å². The number of nitrogens with zero attached hydrogens (tertiary/aromatic N) is 2. The molecule has 0 aromatic heterocycles. The number of amidine groups is 1. The number of hydrogen-bond acceptors (Lipinski definition) is 5. The van der Waals surface area contributed by atoms with E-state index in [0.29, 0.717) is 11.6 Å². The van der Waals surface area contributed by atoms with Gasteiger partial charge in [-0.2, -0.15) is 5.10 Å². The van der Waals surface area contributed by atoms with Gasteiger partial charge in [0.15, 0.2) is 5.17 Å². The Morgan fingerprint density at radius 1 is 1.19 bits per heavy atom. The standard InChI is InChI=1S/C19H18FN3O2S/c1-12(14-5-9-16(25-2)10-6-14)22-23-19-21-18(24)17(26-19)11-13-3-7-15(20)8-4-13/h3-10,17H,11H2,1-2H3,(H,21,23,24)/b22-12-/t17-/m1/s1. The zero-order chi connectivity index (χ0) is 18.5. The molecule has 1 N–H and O–H groups in total. The van der Waals surface area contributed by atoms with Gasteiger partial charge in [0, 0.05) is 0 Å². The van der Waals surface area contributed by atoms with Crippen LogP contribution in [-0.4, -0.2) is 29.1 Å². The lowest BCUT2D eigenvalue weighted by Gasteiger charge is -2.04. The van der Waals surface area contributed by atoms with E-state index in [1.807, 2.05) is 31.2 Å². The quantitative estimate of drug-likeness (QED) is 0.647. The van der Waals surface area contributed by atoms with Gasteiger partial charge in [0.25, 0.3) is 0 Å². The molecule has 134 valence electrons. The fraction of sp³-hybridized carbons (Fsp3) is 0.211. The average molecular weight is 371 g/mol. The zero-order valence-corrected chi connectivity index (χ0v) is 15.2. The second kappa shape index (κ2) is 8.14. The lowest BCUT2D eigenvalue weighted by molar-refractivity contribution is -0.118. The summed E-state index contributed by atoms with van der Waals surface area (Å²) in [6.07, 6.45) is 0.511. The van der Waals surface area contributed by atoms with Gasteiger partial charge in [0.2, 0.25) is 5.91 Å². The summed E-state index contributed by atoms with van der Waals surface area (Å²) in [5.74, 6) is 0.369. The monoisotopic (exact) mass is 371 g/mol. The van der Waals surface area contributed by atoms with Crippen molar-refractivity contribution in [1.82, 2.24) is 5.32 Å². The highest BCUT2D eigenvalue weighted by Gasteiger charge is 2.30. The molecule has 0 radical (unpaired) electrons. The van der Waals surface area contributed by atoms with Crippen molar-refractivity contribution in [2.75, 3.05) is 7.11 Å². The van der Waals surface area contributed by atoms with E-state index in [9.17, 15) is 9.18 Å². The first-order chi connectivity index (χ1) is 12.5. The van der Waals surface area contributed by atoms with E-state index < -0.39 is 0 Å². The number of halogens is 1. The van der Waals surface area contributed by atoms with E-state index in [-0.39, 0.29) is 17.0 Å². The van der Waals surface area contributed by atoms with Crippen LogP contribution in [0.2, 0.25) is 0 Å². The van der Waals surface area contributed by atoms with Gasteiger partial charge in [-0.25, -0.2) is 4.39 Å². The topological polar surface area (TPSA) is 63.1 Å². The Hall–Kier alpha value is -2.67. The van der Waals surface area contributed by atoms with Gasteiger partial charge in [-0.05, 0) is 60.9 Å². The Balaban J connectivity index is 1.65. The first-order valence-corrected chi connectivity index (χ1v) is 8.92. The molecule has 5 nitrogen and oxygen atoms in total. The van der Waals surface area contributed by atoms with Gasteiger partial charge >= 0.3 is 0 Å². The van der Waals surface area contributed by atoms with Crippen molar-refractivity contribution in [3.05, 3.63) is 65.5 Å². The third-order valence-electron chi connectivity index (χ3n) is 3.91. The molecule has 1 atom stereocenters. The molecule has 0 unspecified atom stereocenters. The zero-order valence-electron chi connectivity index (χ0n) is 14.4. The van der Waals surface area contributed by atoms with Crippen molar-refractivity contribution in [3.8, 4) is 5.75 Å². The number of amides is 1. The molecule has 1 fully saturated rings. The number of methoxy groups -OCH3 is 1. The number of hydrogen-bond donors (Lipinski definition) is 1. The van der Waals surface area contributed by atoms with E-state index in [2.05, 4.69) is 15.5 Å². The lowest BCUT2D eigenvalue weighted by atomic mass is 10.1. The number of nitrogens with one attached hydrogen (secondary N) is 1. The summed E-state index contributed by atoms with van der Waals surface area (Å²) >= 11 is 1.33. The minimum absolute atomic E-state index is 0.115. The highest BCUT2D eigenvalue weighted by atomic mass is 32.2. The summed E-state index contributed by atoms with van der Waals surface area (Å²) < 4.78 is 18.1. The minimum atomic E-state index is -0.296. The second-order valence-electron chi connectivity index (χ2n) is 5.75. The second-order valence-corrected chi connectivity index (χ2v) is 6.94. The van der Waals surface area contributed by atoms with Crippen LogP contribution in [0.5, 0.6) is 5.75 Å². The van der Waals surface area contributed by atoms with Crippen molar-refractivity contribution in [3.63, 3.8) is 0 Å². The molecule has 3 rings (SSSR count). The van der Waals surface area contributed by atoms with Crippen LogP contribution in [0.4, 0.5) is 4.39 Å². The number of ether oxygens (including phenoxy) is 1. The fourth-order valence-corrected chi connectivity index (χ4v) is 3.39. The van der Waals surface area contributed by atoms with Crippen LogP contribution in [0.3, 0.4) is 0 Å². The summed E-state index contributed by atoms with van der Waals surface area (Å²) in [4.78, 5) is 12.1. The van der Waals surface area contributed by atoms with Gasteiger partial charge < -0.3 is 10.1 Å². The van der Waals surface area contributed by atoms with Crippen molar-refractivity contribution in [2.45, 2.75) is 18.6 Å². The first-order valence-electron chi connectivity index (χ1n) is 8.04. The molecule has 26 heavy (non-hydrogen) atoms. The molecule has 2 aromatic rings. The Labute approximate surface area is 155 Å². The Morgan fingerprint density at radius 2 is 1.88 bits per heavy atom. The molecule has 2 aromatic carbocycles. The number of carbonyl (C=O) groups is 1. The van der Waals surface area contributed by atoms with Crippen molar-refractivity contribution >= 4 is 28.5 Å². The van der Waals surface area contributed by atoms with Crippen LogP contribution in [0.15, 0.2) is 58.7 Å². The summed E-state index contributed by atoms with van der Waals surface area (Å²) in [5, 5.41) is 11.2. The van der Waals surface area contributed by atoms with E-state index >= 15 is 0 Å². The van der Waals surface area contributed by atoms with Gasteiger partial charge in [-0.3, -0.25) is 4.79 Å². The largest absolute Gasteiger partial charge is 0.497 e. The van der Waals surface area contributed by atoms with E-state index in [0.717, 1.165) is 22.6 Å². The van der Waals surface area contributed by atoms with E-state index in [4.69, 9.17) is 4.74 Å². The molecule has 0 spiro atoms. The molecule has 7 heteroatoms. The SMILES string of the molecule is COc1ccc(/C(C)=N\N=C2/NC(=O)[C@@H](Cc3ccc(F)cc3)S2)cc1. The first kappa shape index (κ1) is 18.1. The molecule has 0 saturated carbocycles. The Kier molecular flexibility index (Phi) is 5.68. The number of rotatable bonds is 5. The van der Waals surface area contributed by atoms with Gasteiger partial charge in [0.1, 0.15) is 11.6 Å². The summed E-state index contributed by atoms with van der Waals surface area (Å²) in [6, 6.07) is 13.7. The maximum absolute atomic E-state index is 13.0. The minimum Gasteiger partial charge on any atom is -0.497 e. The van der Waals surface area contributed by atoms with Gasteiger partial charge in [-0.1, -0.05) is 23.9 Å². The Morgan fingerprint density at radius 3 is 2.54 bits per heavy atom. The van der Waals surface area contributed by atoms with Crippen molar-refractivity contribution < 1.29 is 13.9 Å². The summed E-state index contributed by atoms with van der Waals surface area (Å²) in [6.45, 7) is 1.85. The molecule has 1 aliphatic rings. The van der Waals surface area contributed by atoms with Gasteiger partial charge in [-0.15, -0.1) is 5.10 Å². The number of benzene rings is 2. The normalized spacial score (nSPS) is 18.9.